The molecule has 0 unspecified atom stereocenters. The highest BCUT2D eigenvalue weighted by Gasteiger charge is 2.08. The number of fused-ring (bicyclic) bond motifs is 1. The molecule has 114 valence electrons. The number of rotatable bonds is 8. The second-order valence-corrected chi connectivity index (χ2v) is 6.57. The van der Waals surface area contributed by atoms with Gasteiger partial charge < -0.3 is 4.90 Å². The van der Waals surface area contributed by atoms with Crippen LogP contribution in [0.25, 0.3) is 10.2 Å². The smallest absolute Gasteiger partial charge is 0.222 e. The summed E-state index contributed by atoms with van der Waals surface area (Å²) in [5.41, 5.74) is 1.09. The minimum absolute atomic E-state index is 0.271. The lowest BCUT2D eigenvalue weighted by Gasteiger charge is -2.16. The molecule has 0 aliphatic rings. The standard InChI is InChI=1S/C17H24N2OS/c1-3-4-13-19(2)17(20)12-8-7-11-16-18-14-9-5-6-10-15(14)21-16/h5-6,9-10H,3-4,7-8,11-13H2,1-2H3. The Morgan fingerprint density at radius 3 is 2.81 bits per heavy atom. The van der Waals surface area contributed by atoms with Gasteiger partial charge in [-0.1, -0.05) is 25.5 Å². The summed E-state index contributed by atoms with van der Waals surface area (Å²) in [5, 5.41) is 1.18. The number of hydrogen-bond acceptors (Lipinski definition) is 3. The van der Waals surface area contributed by atoms with Crippen molar-refractivity contribution in [1.82, 2.24) is 9.88 Å². The third-order valence-electron chi connectivity index (χ3n) is 3.64. The second-order valence-electron chi connectivity index (χ2n) is 5.45. The molecule has 21 heavy (non-hydrogen) atoms. The molecule has 2 rings (SSSR count). The second kappa shape index (κ2) is 8.13. The molecule has 4 heteroatoms. The lowest BCUT2D eigenvalue weighted by Crippen LogP contribution is -2.27. The van der Waals surface area contributed by atoms with Crippen molar-refractivity contribution in [1.29, 1.82) is 0 Å². The maximum atomic E-state index is 11.9. The Hall–Kier alpha value is -1.42. The number of thiazole rings is 1. The van der Waals surface area contributed by atoms with Crippen LogP contribution in [0.5, 0.6) is 0 Å². The Bertz CT molecular complexity index is 546. The van der Waals surface area contributed by atoms with Gasteiger partial charge >= 0.3 is 0 Å². The van der Waals surface area contributed by atoms with Gasteiger partial charge in [0.1, 0.15) is 0 Å². The summed E-state index contributed by atoms with van der Waals surface area (Å²) in [6.07, 6.45) is 5.85. The number of nitrogens with zero attached hydrogens (tertiary/aromatic N) is 2. The predicted molar refractivity (Wildman–Crippen MR) is 89.7 cm³/mol. The number of aryl methyl sites for hydroxylation is 1. The fourth-order valence-corrected chi connectivity index (χ4v) is 3.30. The Balaban J connectivity index is 1.70. The van der Waals surface area contributed by atoms with Crippen LogP contribution in [0, 0.1) is 0 Å². The van der Waals surface area contributed by atoms with E-state index < -0.39 is 0 Å². The van der Waals surface area contributed by atoms with Crippen molar-refractivity contribution in [2.75, 3.05) is 13.6 Å². The molecule has 1 amide bonds. The van der Waals surface area contributed by atoms with Gasteiger partial charge in [0, 0.05) is 20.0 Å². The van der Waals surface area contributed by atoms with Crippen LogP contribution in [0.1, 0.15) is 44.0 Å². The summed E-state index contributed by atoms with van der Waals surface area (Å²) in [6.45, 7) is 3.03. The van der Waals surface area contributed by atoms with Crippen LogP contribution in [0.15, 0.2) is 24.3 Å². The van der Waals surface area contributed by atoms with Gasteiger partial charge in [-0.25, -0.2) is 4.98 Å². The van der Waals surface area contributed by atoms with Crippen LogP contribution in [0.4, 0.5) is 0 Å². The van der Waals surface area contributed by atoms with E-state index in [1.165, 1.54) is 9.71 Å². The van der Waals surface area contributed by atoms with Crippen molar-refractivity contribution >= 4 is 27.5 Å². The van der Waals surface area contributed by atoms with E-state index >= 15 is 0 Å². The van der Waals surface area contributed by atoms with Crippen LogP contribution < -0.4 is 0 Å². The first-order valence-corrected chi connectivity index (χ1v) is 8.60. The van der Waals surface area contributed by atoms with Crippen molar-refractivity contribution < 1.29 is 4.79 Å². The number of aromatic nitrogens is 1. The van der Waals surface area contributed by atoms with Gasteiger partial charge in [-0.2, -0.15) is 0 Å². The van der Waals surface area contributed by atoms with Gasteiger partial charge in [0.15, 0.2) is 0 Å². The van der Waals surface area contributed by atoms with Crippen LogP contribution in [0.2, 0.25) is 0 Å². The monoisotopic (exact) mass is 304 g/mol. The van der Waals surface area contributed by atoms with E-state index in [1.54, 1.807) is 11.3 Å². The molecule has 3 nitrogen and oxygen atoms in total. The molecule has 0 radical (unpaired) electrons. The molecule has 0 spiro atoms. The molecule has 1 heterocycles. The molecule has 0 saturated heterocycles. The summed E-state index contributed by atoms with van der Waals surface area (Å²) in [6, 6.07) is 8.25. The first kappa shape index (κ1) is 16.0. The minimum Gasteiger partial charge on any atom is -0.346 e. The van der Waals surface area contributed by atoms with Gasteiger partial charge in [-0.05, 0) is 37.8 Å². The minimum atomic E-state index is 0.271. The lowest BCUT2D eigenvalue weighted by atomic mass is 10.2. The van der Waals surface area contributed by atoms with E-state index in [1.807, 2.05) is 18.0 Å². The van der Waals surface area contributed by atoms with Crippen molar-refractivity contribution in [2.24, 2.45) is 0 Å². The van der Waals surface area contributed by atoms with Crippen LogP contribution in [-0.2, 0) is 11.2 Å². The number of para-hydroxylation sites is 1. The number of carbonyl (C=O) groups is 1. The summed E-state index contributed by atoms with van der Waals surface area (Å²) in [4.78, 5) is 18.4. The fourth-order valence-electron chi connectivity index (χ4n) is 2.29. The molecule has 0 bridgehead atoms. The van der Waals surface area contributed by atoms with Crippen molar-refractivity contribution in [3.63, 3.8) is 0 Å². The van der Waals surface area contributed by atoms with Gasteiger partial charge in [0.25, 0.3) is 0 Å². The van der Waals surface area contributed by atoms with E-state index in [0.29, 0.717) is 6.42 Å². The van der Waals surface area contributed by atoms with Gasteiger partial charge in [0.05, 0.1) is 15.2 Å². The molecule has 1 aromatic heterocycles. The number of hydrogen-bond donors (Lipinski definition) is 0. The Morgan fingerprint density at radius 1 is 1.24 bits per heavy atom. The van der Waals surface area contributed by atoms with Gasteiger partial charge in [-0.3, -0.25) is 4.79 Å². The zero-order valence-corrected chi connectivity index (χ0v) is 13.8. The van der Waals surface area contributed by atoms with E-state index in [4.69, 9.17) is 0 Å². The number of benzene rings is 1. The van der Waals surface area contributed by atoms with Crippen molar-refractivity contribution in [3.05, 3.63) is 29.3 Å². The van der Waals surface area contributed by atoms with E-state index in [0.717, 1.165) is 44.2 Å². The molecule has 0 atom stereocenters. The molecule has 0 aliphatic carbocycles. The summed E-state index contributed by atoms with van der Waals surface area (Å²) in [7, 11) is 1.91. The first-order valence-electron chi connectivity index (χ1n) is 7.79. The van der Waals surface area contributed by atoms with Crippen molar-refractivity contribution in [2.45, 2.75) is 45.4 Å². The Morgan fingerprint density at radius 2 is 2.05 bits per heavy atom. The van der Waals surface area contributed by atoms with E-state index in [9.17, 15) is 4.79 Å². The van der Waals surface area contributed by atoms with Crippen LogP contribution >= 0.6 is 11.3 Å². The molecule has 1 aromatic carbocycles. The summed E-state index contributed by atoms with van der Waals surface area (Å²) < 4.78 is 1.25. The largest absolute Gasteiger partial charge is 0.346 e. The third kappa shape index (κ3) is 4.81. The average molecular weight is 304 g/mol. The topological polar surface area (TPSA) is 33.2 Å². The van der Waals surface area contributed by atoms with Gasteiger partial charge in [0.2, 0.25) is 5.91 Å². The summed E-state index contributed by atoms with van der Waals surface area (Å²) in [5.74, 6) is 0.271. The highest BCUT2D eigenvalue weighted by Crippen LogP contribution is 2.22. The van der Waals surface area contributed by atoms with Crippen LogP contribution in [-0.4, -0.2) is 29.4 Å². The summed E-state index contributed by atoms with van der Waals surface area (Å²) >= 11 is 1.77. The zero-order valence-electron chi connectivity index (χ0n) is 13.0. The van der Waals surface area contributed by atoms with Gasteiger partial charge in [-0.15, -0.1) is 11.3 Å². The highest BCUT2D eigenvalue weighted by atomic mass is 32.1. The van der Waals surface area contributed by atoms with E-state index in [2.05, 4.69) is 30.1 Å². The quantitative estimate of drug-likeness (QED) is 0.682. The maximum Gasteiger partial charge on any atom is 0.222 e. The molecular formula is C17H24N2OS. The zero-order chi connectivity index (χ0) is 15.1. The lowest BCUT2D eigenvalue weighted by molar-refractivity contribution is -0.130. The molecule has 0 saturated carbocycles. The molecular weight excluding hydrogens is 280 g/mol. The SMILES string of the molecule is CCCCN(C)C(=O)CCCCc1nc2ccccc2s1. The van der Waals surface area contributed by atoms with Crippen LogP contribution in [0.3, 0.4) is 0 Å². The maximum absolute atomic E-state index is 11.9. The van der Waals surface area contributed by atoms with E-state index in [-0.39, 0.29) is 5.91 Å². The predicted octanol–water partition coefficient (Wildman–Crippen LogP) is 4.27. The fraction of sp³-hybridized carbons (Fsp3) is 0.529. The van der Waals surface area contributed by atoms with Crippen molar-refractivity contribution in [3.8, 4) is 0 Å². The third-order valence-corrected chi connectivity index (χ3v) is 4.74. The average Bonchev–Trinajstić information content (AvgIpc) is 2.91. The molecule has 0 N–H and O–H groups in total. The first-order chi connectivity index (χ1) is 10.2. The number of unbranched alkanes of at least 4 members (excludes halogenated alkanes) is 2. The molecule has 0 fully saturated rings. The normalized spacial score (nSPS) is 11.0. The molecule has 0 aliphatic heterocycles. The number of carbonyl (C=O) groups excluding carboxylic acids is 1. The Kier molecular flexibility index (Phi) is 6.18. The highest BCUT2D eigenvalue weighted by molar-refractivity contribution is 7.18. The molecule has 2 aromatic rings. The number of amides is 1. The Labute approximate surface area is 131 Å².